The predicted molar refractivity (Wildman–Crippen MR) is 89.1 cm³/mol. The molecule has 12 heteroatoms. The molecule has 0 amide bonds. The summed E-state index contributed by atoms with van der Waals surface area (Å²) in [4.78, 5) is 15.3. The van der Waals surface area contributed by atoms with Crippen molar-refractivity contribution in [1.29, 1.82) is 0 Å². The molecule has 0 saturated heterocycles. The van der Waals surface area contributed by atoms with Crippen molar-refractivity contribution in [2.24, 2.45) is 7.05 Å². The van der Waals surface area contributed by atoms with Gasteiger partial charge in [-0.1, -0.05) is 6.07 Å². The first-order valence-corrected chi connectivity index (χ1v) is 8.32. The second-order valence-corrected chi connectivity index (χ2v) is 6.33. The van der Waals surface area contributed by atoms with Crippen LogP contribution in [-0.4, -0.2) is 28.3 Å². The number of halogens is 8. The molecule has 0 spiro atoms. The highest BCUT2D eigenvalue weighted by molar-refractivity contribution is 6.08. The Bertz CT molecular complexity index is 1150. The van der Waals surface area contributed by atoms with Crippen LogP contribution in [0.15, 0.2) is 24.3 Å². The number of hydrogen-bond acceptors (Lipinski definition) is 3. The standard InChI is InChI=1S/C18H12F8N2O2/c1-3-30-15(29)12-6-9-11(28(12)2)5-4-8-10(17(21,22)23)7-13(27-14(8)9)16(19,20)18(24,25)26/h4-7H,3H2,1-2H3. The third-order valence-corrected chi connectivity index (χ3v) is 4.47. The van der Waals surface area contributed by atoms with Gasteiger partial charge in [-0.25, -0.2) is 9.78 Å². The molecule has 3 aromatic rings. The molecular formula is C18H12F8N2O2. The molecule has 2 aromatic heterocycles. The predicted octanol–water partition coefficient (Wildman–Crippen LogP) is 5.58. The number of alkyl halides is 8. The van der Waals surface area contributed by atoms with E-state index in [1.54, 1.807) is 0 Å². The van der Waals surface area contributed by atoms with Crippen LogP contribution in [0.1, 0.15) is 28.7 Å². The van der Waals surface area contributed by atoms with Crippen molar-refractivity contribution in [1.82, 2.24) is 9.55 Å². The molecule has 30 heavy (non-hydrogen) atoms. The topological polar surface area (TPSA) is 44.1 Å². The van der Waals surface area contributed by atoms with Gasteiger partial charge in [-0.3, -0.25) is 0 Å². The molecular weight excluding hydrogens is 428 g/mol. The van der Waals surface area contributed by atoms with Gasteiger partial charge < -0.3 is 9.30 Å². The molecule has 0 N–H and O–H groups in total. The fourth-order valence-corrected chi connectivity index (χ4v) is 3.04. The van der Waals surface area contributed by atoms with Crippen molar-refractivity contribution >= 4 is 27.8 Å². The Hall–Kier alpha value is -2.92. The van der Waals surface area contributed by atoms with Crippen LogP contribution in [0, 0.1) is 0 Å². The number of carbonyl (C=O) groups is 1. The summed E-state index contributed by atoms with van der Waals surface area (Å²) in [7, 11) is 1.36. The first-order valence-electron chi connectivity index (χ1n) is 8.32. The van der Waals surface area contributed by atoms with E-state index in [0.717, 1.165) is 12.1 Å². The fourth-order valence-electron chi connectivity index (χ4n) is 3.04. The number of esters is 1. The maximum absolute atomic E-state index is 13.8. The van der Waals surface area contributed by atoms with E-state index in [0.29, 0.717) is 0 Å². The smallest absolute Gasteiger partial charge is 0.459 e. The summed E-state index contributed by atoms with van der Waals surface area (Å²) in [5, 5.41) is -0.888. The van der Waals surface area contributed by atoms with E-state index in [-0.39, 0.29) is 29.3 Å². The number of nitrogens with zero attached hydrogens (tertiary/aromatic N) is 2. The van der Waals surface area contributed by atoms with Crippen molar-refractivity contribution in [2.75, 3.05) is 6.61 Å². The van der Waals surface area contributed by atoms with E-state index in [9.17, 15) is 39.9 Å². The number of benzene rings is 1. The molecule has 0 fully saturated rings. The number of hydrogen-bond donors (Lipinski definition) is 0. The van der Waals surface area contributed by atoms with Crippen LogP contribution in [-0.2, 0) is 23.9 Å². The zero-order valence-corrected chi connectivity index (χ0v) is 15.3. The van der Waals surface area contributed by atoms with E-state index in [1.165, 1.54) is 24.6 Å². The number of rotatable bonds is 3. The van der Waals surface area contributed by atoms with Crippen LogP contribution in [0.5, 0.6) is 0 Å². The number of aryl methyl sites for hydroxylation is 1. The van der Waals surface area contributed by atoms with Crippen LogP contribution in [0.3, 0.4) is 0 Å². The van der Waals surface area contributed by atoms with Gasteiger partial charge in [0.1, 0.15) is 11.4 Å². The zero-order chi connectivity index (χ0) is 22.6. The van der Waals surface area contributed by atoms with Gasteiger partial charge in [0.15, 0.2) is 0 Å². The Morgan fingerprint density at radius 2 is 1.67 bits per heavy atom. The van der Waals surface area contributed by atoms with E-state index < -0.39 is 46.4 Å². The van der Waals surface area contributed by atoms with E-state index in [4.69, 9.17) is 4.74 Å². The molecule has 0 radical (unpaired) electrons. The Kier molecular flexibility index (Phi) is 4.94. The zero-order valence-electron chi connectivity index (χ0n) is 15.3. The van der Waals surface area contributed by atoms with Gasteiger partial charge in [-0.15, -0.1) is 0 Å². The number of pyridine rings is 1. The van der Waals surface area contributed by atoms with Gasteiger partial charge in [-0.2, -0.15) is 35.1 Å². The molecule has 4 nitrogen and oxygen atoms in total. The quantitative estimate of drug-likeness (QED) is 0.395. The molecule has 2 heterocycles. The highest BCUT2D eigenvalue weighted by Gasteiger charge is 2.60. The number of ether oxygens (including phenoxy) is 1. The molecule has 1 aromatic carbocycles. The third kappa shape index (κ3) is 3.33. The van der Waals surface area contributed by atoms with Crippen molar-refractivity contribution in [3.8, 4) is 0 Å². The maximum Gasteiger partial charge on any atom is 0.459 e. The van der Waals surface area contributed by atoms with Crippen molar-refractivity contribution in [3.05, 3.63) is 41.2 Å². The fraction of sp³-hybridized carbons (Fsp3) is 0.333. The first-order chi connectivity index (χ1) is 13.7. The lowest BCUT2D eigenvalue weighted by atomic mass is 10.0. The summed E-state index contributed by atoms with van der Waals surface area (Å²) >= 11 is 0. The first kappa shape index (κ1) is 21.8. The summed E-state index contributed by atoms with van der Waals surface area (Å²) in [5.74, 6) is -6.47. The molecule has 0 atom stereocenters. The maximum atomic E-state index is 13.8. The number of carbonyl (C=O) groups excluding carboxylic acids is 1. The van der Waals surface area contributed by atoms with Crippen LogP contribution in [0.4, 0.5) is 35.1 Å². The van der Waals surface area contributed by atoms with Crippen molar-refractivity contribution in [2.45, 2.75) is 25.2 Å². The highest BCUT2D eigenvalue weighted by atomic mass is 19.4. The van der Waals surface area contributed by atoms with E-state index in [2.05, 4.69) is 4.98 Å². The molecule has 0 aliphatic rings. The average Bonchev–Trinajstić information content (AvgIpc) is 2.96. The number of aromatic nitrogens is 2. The summed E-state index contributed by atoms with van der Waals surface area (Å²) in [6, 6.07) is 2.81. The van der Waals surface area contributed by atoms with Gasteiger partial charge in [-0.05, 0) is 25.1 Å². The third-order valence-electron chi connectivity index (χ3n) is 4.47. The second kappa shape index (κ2) is 6.81. The second-order valence-electron chi connectivity index (χ2n) is 6.33. The van der Waals surface area contributed by atoms with Crippen molar-refractivity contribution < 1.29 is 44.7 Å². The van der Waals surface area contributed by atoms with Gasteiger partial charge in [0.25, 0.3) is 0 Å². The van der Waals surface area contributed by atoms with Crippen LogP contribution in [0.2, 0.25) is 0 Å². The molecule has 0 aliphatic carbocycles. The summed E-state index contributed by atoms with van der Waals surface area (Å²) in [5.41, 5.74) is -4.58. The van der Waals surface area contributed by atoms with Crippen molar-refractivity contribution in [3.63, 3.8) is 0 Å². The molecule has 0 saturated carbocycles. The van der Waals surface area contributed by atoms with Gasteiger partial charge in [0.2, 0.25) is 0 Å². The summed E-state index contributed by atoms with van der Waals surface area (Å²) in [6.07, 6.45) is -11.4. The summed E-state index contributed by atoms with van der Waals surface area (Å²) < 4.78 is 112. The Balaban J connectivity index is 2.44. The SMILES string of the molecule is CCOC(=O)c1cc2c3nc(C(F)(F)C(F)(F)F)cc(C(F)(F)F)c3ccc2n1C. The van der Waals surface area contributed by atoms with Crippen LogP contribution >= 0.6 is 0 Å². The Morgan fingerprint density at radius 3 is 2.20 bits per heavy atom. The van der Waals surface area contributed by atoms with E-state index in [1.807, 2.05) is 0 Å². The molecule has 0 unspecified atom stereocenters. The molecule has 0 bridgehead atoms. The Labute approximate surface area is 163 Å². The molecule has 3 rings (SSSR count). The monoisotopic (exact) mass is 440 g/mol. The van der Waals surface area contributed by atoms with Crippen LogP contribution < -0.4 is 0 Å². The van der Waals surface area contributed by atoms with Gasteiger partial charge in [0, 0.05) is 17.8 Å². The minimum absolute atomic E-state index is 0.0144. The lowest BCUT2D eigenvalue weighted by molar-refractivity contribution is -0.291. The minimum atomic E-state index is -6.16. The van der Waals surface area contributed by atoms with E-state index >= 15 is 0 Å². The summed E-state index contributed by atoms with van der Waals surface area (Å²) in [6.45, 7) is 1.50. The van der Waals surface area contributed by atoms with Gasteiger partial charge >= 0.3 is 24.2 Å². The normalized spacial score (nSPS) is 13.3. The largest absolute Gasteiger partial charge is 0.461 e. The number of fused-ring (bicyclic) bond motifs is 3. The lowest BCUT2D eigenvalue weighted by Crippen LogP contribution is -2.35. The van der Waals surface area contributed by atoms with Crippen LogP contribution in [0.25, 0.3) is 21.8 Å². The van der Waals surface area contributed by atoms with Gasteiger partial charge in [0.05, 0.1) is 23.2 Å². The Morgan fingerprint density at radius 1 is 1.03 bits per heavy atom. The minimum Gasteiger partial charge on any atom is -0.461 e. The average molecular weight is 440 g/mol. The molecule has 0 aliphatic heterocycles. The highest BCUT2D eigenvalue weighted by Crippen LogP contribution is 2.46. The molecule has 162 valence electrons. The lowest BCUT2D eigenvalue weighted by Gasteiger charge is -2.21.